The highest BCUT2D eigenvalue weighted by molar-refractivity contribution is 7.98. The number of piperidine rings is 1. The first-order valence-corrected chi connectivity index (χ1v) is 15.3. The van der Waals surface area contributed by atoms with Gasteiger partial charge in [-0.15, -0.1) is 11.8 Å². The van der Waals surface area contributed by atoms with Gasteiger partial charge in [0.25, 0.3) is 0 Å². The number of likely N-dealkylation sites (tertiary alicyclic amines) is 1. The summed E-state index contributed by atoms with van der Waals surface area (Å²) in [6, 6.07) is 10.2. The molecular weight excluding hydrogens is 599 g/mol. The maximum absolute atomic E-state index is 13.0. The number of carboxylic acid groups (broad SMARTS) is 1. The van der Waals surface area contributed by atoms with Gasteiger partial charge < -0.3 is 24.6 Å². The van der Waals surface area contributed by atoms with E-state index in [-0.39, 0.29) is 24.2 Å². The van der Waals surface area contributed by atoms with Crippen LogP contribution in [-0.4, -0.2) is 69.8 Å². The van der Waals surface area contributed by atoms with Gasteiger partial charge in [-0.2, -0.15) is 0 Å². The number of nitrogens with zero attached hydrogens (tertiary/aromatic N) is 3. The Morgan fingerprint density at radius 1 is 1.14 bits per heavy atom. The number of imidazole rings is 1. The molecule has 3 aromatic rings. The Balaban J connectivity index is 1.27. The second-order valence-electron chi connectivity index (χ2n) is 9.91. The molecule has 0 aliphatic carbocycles. The van der Waals surface area contributed by atoms with Crippen molar-refractivity contribution in [2.24, 2.45) is 5.92 Å². The molecule has 222 valence electrons. The predicted octanol–water partition coefficient (Wildman–Crippen LogP) is 5.03. The average Bonchev–Trinajstić information content (AvgIpc) is 3.44. The Kier molecular flexibility index (Phi) is 11.0. The molecule has 12 heteroatoms. The number of thioether (sulfide) groups is 1. The van der Waals surface area contributed by atoms with Gasteiger partial charge in [-0.1, -0.05) is 41.4 Å². The van der Waals surface area contributed by atoms with Crippen molar-refractivity contribution in [3.8, 4) is 5.75 Å². The maximum Gasteiger partial charge on any atom is 0.326 e. The molecule has 1 saturated heterocycles. The van der Waals surface area contributed by atoms with E-state index >= 15 is 0 Å². The number of ether oxygens (including phenoxy) is 1. The predicted molar refractivity (Wildman–Crippen MR) is 164 cm³/mol. The Labute approximate surface area is 258 Å². The second kappa shape index (κ2) is 14.6. The zero-order valence-corrected chi connectivity index (χ0v) is 25.6. The normalized spacial score (nSPS) is 14.6. The van der Waals surface area contributed by atoms with E-state index < -0.39 is 12.0 Å². The van der Waals surface area contributed by atoms with Crippen LogP contribution in [0.4, 0.5) is 0 Å². The highest BCUT2D eigenvalue weighted by atomic mass is 35.5. The van der Waals surface area contributed by atoms with Gasteiger partial charge in [-0.05, 0) is 54.5 Å². The SMILES string of the molecule is COc1ccc(Cn2cnc(C[C@H](NC(=O)C3CCN(C(=O)/C=C/c4ccc(SC)c(Cl)c4Cl)CC3)C(=O)O)c2)cc1. The van der Waals surface area contributed by atoms with Crippen LogP contribution in [0.2, 0.25) is 10.0 Å². The number of hydrogen-bond acceptors (Lipinski definition) is 6. The number of carbonyl (C=O) groups is 3. The van der Waals surface area contributed by atoms with Crippen molar-refractivity contribution in [1.29, 1.82) is 0 Å². The summed E-state index contributed by atoms with van der Waals surface area (Å²) in [4.78, 5) is 44.5. The van der Waals surface area contributed by atoms with Gasteiger partial charge in [0.1, 0.15) is 11.8 Å². The molecule has 2 amide bonds. The van der Waals surface area contributed by atoms with E-state index in [1.807, 2.05) is 47.2 Å². The summed E-state index contributed by atoms with van der Waals surface area (Å²) >= 11 is 14.1. The first-order valence-electron chi connectivity index (χ1n) is 13.3. The molecule has 2 aromatic carbocycles. The maximum atomic E-state index is 13.0. The van der Waals surface area contributed by atoms with Crippen molar-refractivity contribution in [2.75, 3.05) is 26.5 Å². The fraction of sp³-hybridized carbons (Fsp3) is 0.333. The third-order valence-electron chi connectivity index (χ3n) is 7.12. The topological polar surface area (TPSA) is 114 Å². The zero-order valence-electron chi connectivity index (χ0n) is 23.3. The molecule has 1 atom stereocenters. The van der Waals surface area contributed by atoms with Gasteiger partial charge >= 0.3 is 5.97 Å². The number of methoxy groups -OCH3 is 1. The molecule has 9 nitrogen and oxygen atoms in total. The number of rotatable bonds is 11. The van der Waals surface area contributed by atoms with Gasteiger partial charge in [0.05, 0.1) is 29.2 Å². The molecule has 4 rings (SSSR count). The minimum atomic E-state index is -1.13. The summed E-state index contributed by atoms with van der Waals surface area (Å²) in [7, 11) is 1.61. The van der Waals surface area contributed by atoms with E-state index in [0.717, 1.165) is 16.2 Å². The van der Waals surface area contributed by atoms with Crippen LogP contribution in [0, 0.1) is 5.92 Å². The van der Waals surface area contributed by atoms with Crippen molar-refractivity contribution in [3.63, 3.8) is 0 Å². The van der Waals surface area contributed by atoms with Crippen molar-refractivity contribution >= 4 is 58.8 Å². The molecule has 1 aromatic heterocycles. The van der Waals surface area contributed by atoms with E-state index in [1.165, 1.54) is 17.8 Å². The van der Waals surface area contributed by atoms with Crippen LogP contribution in [0.3, 0.4) is 0 Å². The summed E-state index contributed by atoms with van der Waals surface area (Å²) in [5.74, 6) is -1.28. The van der Waals surface area contributed by atoms with Gasteiger partial charge in [-0.25, -0.2) is 9.78 Å². The fourth-order valence-electron chi connectivity index (χ4n) is 4.70. The first kappa shape index (κ1) is 31.5. The Morgan fingerprint density at radius 3 is 2.50 bits per heavy atom. The Morgan fingerprint density at radius 2 is 1.86 bits per heavy atom. The van der Waals surface area contributed by atoms with Crippen LogP contribution in [0.5, 0.6) is 5.75 Å². The van der Waals surface area contributed by atoms with Gasteiger partial charge in [0, 0.05) is 49.1 Å². The second-order valence-corrected chi connectivity index (χ2v) is 11.5. The summed E-state index contributed by atoms with van der Waals surface area (Å²) in [5, 5.41) is 13.3. The average molecular weight is 632 g/mol. The lowest BCUT2D eigenvalue weighted by atomic mass is 9.95. The molecule has 1 aliphatic heterocycles. The summed E-state index contributed by atoms with van der Waals surface area (Å²) < 4.78 is 7.04. The molecule has 0 saturated carbocycles. The van der Waals surface area contributed by atoms with Crippen LogP contribution in [0.15, 0.2) is 59.9 Å². The molecule has 0 bridgehead atoms. The van der Waals surface area contributed by atoms with Crippen LogP contribution in [-0.2, 0) is 27.3 Å². The highest BCUT2D eigenvalue weighted by Crippen LogP contribution is 2.35. The molecule has 1 aliphatic rings. The molecular formula is C30H32Cl2N4O5S. The number of hydrogen-bond donors (Lipinski definition) is 2. The number of carboxylic acids is 1. The van der Waals surface area contributed by atoms with Gasteiger partial charge in [0.15, 0.2) is 0 Å². The van der Waals surface area contributed by atoms with E-state index in [4.69, 9.17) is 27.9 Å². The van der Waals surface area contributed by atoms with Gasteiger partial charge in [0.2, 0.25) is 11.8 Å². The summed E-state index contributed by atoms with van der Waals surface area (Å²) in [5.41, 5.74) is 2.25. The van der Waals surface area contributed by atoms with Crippen molar-refractivity contribution in [3.05, 3.63) is 81.9 Å². The quantitative estimate of drug-likeness (QED) is 0.225. The smallest absolute Gasteiger partial charge is 0.326 e. The number of carbonyl (C=O) groups excluding carboxylic acids is 2. The number of halogens is 2. The fourth-order valence-corrected chi connectivity index (χ4v) is 5.87. The van der Waals surface area contributed by atoms with Crippen LogP contribution >= 0.6 is 35.0 Å². The lowest BCUT2D eigenvalue weighted by Gasteiger charge is -2.31. The highest BCUT2D eigenvalue weighted by Gasteiger charge is 2.30. The third-order valence-corrected chi connectivity index (χ3v) is 8.91. The molecule has 1 fully saturated rings. The number of benzene rings is 2. The standard InChI is InChI=1S/C30H32Cl2N4O5S/c1-41-23-7-3-19(4-8-23)16-35-17-22(33-18-35)15-24(30(39)40)34-29(38)21-11-13-36(14-12-21)26(37)10-6-20-5-9-25(42-2)28(32)27(20)31/h3-10,17-18,21,24H,11-16H2,1-2H3,(H,34,38)(H,39,40)/b10-6+/t24-/m0/s1. The molecule has 0 unspecified atom stereocenters. The number of nitrogens with one attached hydrogen (secondary N) is 1. The molecule has 2 heterocycles. The molecule has 0 spiro atoms. The molecule has 42 heavy (non-hydrogen) atoms. The summed E-state index contributed by atoms with van der Waals surface area (Å²) in [6.45, 7) is 1.34. The van der Waals surface area contributed by atoms with Crippen LogP contribution in [0.1, 0.15) is 29.7 Å². The van der Waals surface area contributed by atoms with Crippen molar-refractivity contribution < 1.29 is 24.2 Å². The van der Waals surface area contributed by atoms with E-state index in [9.17, 15) is 19.5 Å². The van der Waals surface area contributed by atoms with E-state index in [1.54, 1.807) is 30.6 Å². The Bertz CT molecular complexity index is 1450. The lowest BCUT2D eigenvalue weighted by Crippen LogP contribution is -2.48. The minimum absolute atomic E-state index is 0.0588. The van der Waals surface area contributed by atoms with Crippen molar-refractivity contribution in [1.82, 2.24) is 19.8 Å². The van der Waals surface area contributed by atoms with E-state index in [0.29, 0.717) is 53.8 Å². The van der Waals surface area contributed by atoms with Crippen LogP contribution in [0.25, 0.3) is 6.08 Å². The lowest BCUT2D eigenvalue weighted by molar-refractivity contribution is -0.142. The number of amides is 2. The molecule has 0 radical (unpaired) electrons. The first-order chi connectivity index (χ1) is 20.2. The number of aromatic nitrogens is 2. The largest absolute Gasteiger partial charge is 0.497 e. The van der Waals surface area contributed by atoms with E-state index in [2.05, 4.69) is 10.3 Å². The number of aliphatic carboxylic acids is 1. The minimum Gasteiger partial charge on any atom is -0.497 e. The zero-order chi connectivity index (χ0) is 30.2. The Hall–Kier alpha value is -3.47. The van der Waals surface area contributed by atoms with Gasteiger partial charge in [-0.3, -0.25) is 9.59 Å². The monoisotopic (exact) mass is 630 g/mol. The van der Waals surface area contributed by atoms with Crippen LogP contribution < -0.4 is 10.1 Å². The molecule has 2 N–H and O–H groups in total. The third kappa shape index (κ3) is 8.08. The summed E-state index contributed by atoms with van der Waals surface area (Å²) in [6.07, 6.45) is 9.34. The van der Waals surface area contributed by atoms with Crippen molar-refractivity contribution in [2.45, 2.75) is 36.7 Å².